The van der Waals surface area contributed by atoms with Crippen LogP contribution in [-0.4, -0.2) is 52.0 Å². The molecule has 8 nitrogen and oxygen atoms in total. The van der Waals surface area contributed by atoms with Gasteiger partial charge >= 0.3 is 0 Å². The molecule has 0 saturated carbocycles. The first-order chi connectivity index (χ1) is 17.2. The number of benzene rings is 2. The molecule has 36 heavy (non-hydrogen) atoms. The minimum absolute atomic E-state index is 0.0427. The Kier molecular flexibility index (Phi) is 9.51. The highest BCUT2D eigenvalue weighted by molar-refractivity contribution is 7.85. The molecular weight excluding hydrogens is 481 g/mol. The van der Waals surface area contributed by atoms with Crippen LogP contribution < -0.4 is 5.32 Å². The summed E-state index contributed by atoms with van der Waals surface area (Å²) >= 11 is 0. The predicted octanol–water partition coefficient (Wildman–Crippen LogP) is 4.21. The van der Waals surface area contributed by atoms with E-state index in [-0.39, 0.29) is 16.5 Å². The molecule has 2 aromatic carbocycles. The van der Waals surface area contributed by atoms with Gasteiger partial charge in [0, 0.05) is 36.0 Å². The Bertz CT molecular complexity index is 1270. The van der Waals surface area contributed by atoms with E-state index < -0.39 is 28.4 Å². The molecule has 0 radical (unpaired) electrons. The second-order valence-electron chi connectivity index (χ2n) is 8.21. The summed E-state index contributed by atoms with van der Waals surface area (Å²) in [5.74, 6) is -1.50. The fourth-order valence-electron chi connectivity index (χ4n) is 3.45. The highest BCUT2D eigenvalue weighted by Gasteiger charge is 2.18. The average Bonchev–Trinajstić information content (AvgIpc) is 2.87. The summed E-state index contributed by atoms with van der Waals surface area (Å²) in [6.07, 6.45) is 2.27. The van der Waals surface area contributed by atoms with Crippen LogP contribution in [-0.2, 0) is 26.8 Å². The normalized spacial score (nSPS) is 12.7. The molecule has 0 bridgehead atoms. The number of halogens is 1. The number of aromatic nitrogens is 2. The van der Waals surface area contributed by atoms with Crippen LogP contribution in [0.2, 0.25) is 0 Å². The van der Waals surface area contributed by atoms with Gasteiger partial charge in [-0.15, -0.1) is 0 Å². The van der Waals surface area contributed by atoms with E-state index in [1.807, 2.05) is 6.92 Å². The second kappa shape index (κ2) is 12.6. The quantitative estimate of drug-likeness (QED) is 0.277. The summed E-state index contributed by atoms with van der Waals surface area (Å²) in [6, 6.07) is 11.6. The zero-order chi connectivity index (χ0) is 26.2. The molecule has 3 N–H and O–H groups in total. The van der Waals surface area contributed by atoms with Crippen molar-refractivity contribution >= 4 is 22.6 Å². The van der Waals surface area contributed by atoms with Crippen molar-refractivity contribution in [2.45, 2.75) is 37.0 Å². The Morgan fingerprint density at radius 1 is 1.17 bits per heavy atom. The van der Waals surface area contributed by atoms with E-state index in [4.69, 9.17) is 20.3 Å². The Hall–Kier alpha value is -3.34. The van der Waals surface area contributed by atoms with Crippen molar-refractivity contribution in [1.82, 2.24) is 15.3 Å². The van der Waals surface area contributed by atoms with Crippen LogP contribution in [0.3, 0.4) is 0 Å². The van der Waals surface area contributed by atoms with Crippen molar-refractivity contribution < 1.29 is 18.1 Å². The third kappa shape index (κ3) is 6.66. The van der Waals surface area contributed by atoms with Gasteiger partial charge in [0.1, 0.15) is 11.5 Å². The molecule has 0 spiro atoms. The minimum atomic E-state index is -1.17. The molecule has 2 unspecified atom stereocenters. The van der Waals surface area contributed by atoms with Gasteiger partial charge in [0.2, 0.25) is 11.8 Å². The van der Waals surface area contributed by atoms with Gasteiger partial charge in [-0.3, -0.25) is 20.0 Å². The molecule has 2 atom stereocenters. The smallest absolute Gasteiger partial charge is 0.241 e. The van der Waals surface area contributed by atoms with Gasteiger partial charge < -0.3 is 14.8 Å². The van der Waals surface area contributed by atoms with E-state index in [1.54, 1.807) is 57.6 Å². The lowest BCUT2D eigenvalue weighted by atomic mass is 10.1. The molecule has 0 aliphatic heterocycles. The summed E-state index contributed by atoms with van der Waals surface area (Å²) in [7, 11) is 2.21. The van der Waals surface area contributed by atoms with Crippen molar-refractivity contribution in [2.75, 3.05) is 20.8 Å². The molecule has 0 aliphatic rings. The summed E-state index contributed by atoms with van der Waals surface area (Å²) in [4.78, 5) is 9.52. The van der Waals surface area contributed by atoms with Crippen molar-refractivity contribution in [2.24, 2.45) is 0 Å². The summed E-state index contributed by atoms with van der Waals surface area (Å²) in [6.45, 7) is 4.64. The monoisotopic (exact) mass is 511 g/mol. The van der Waals surface area contributed by atoms with E-state index in [1.165, 1.54) is 12.1 Å². The maximum Gasteiger partial charge on any atom is 0.241 e. The van der Waals surface area contributed by atoms with Crippen LogP contribution in [0, 0.1) is 23.6 Å². The number of aryl methyl sites for hydroxylation is 1. The number of methoxy groups -OCH3 is 1. The Morgan fingerprint density at radius 3 is 2.53 bits per heavy atom. The topological polar surface area (TPSA) is 121 Å². The zero-order valence-electron chi connectivity index (χ0n) is 20.7. The molecular formula is C26H30FN5O3S. The maximum absolute atomic E-state index is 14.5. The molecule has 190 valence electrons. The molecule has 1 heterocycles. The number of ether oxygens (including phenoxy) is 2. The lowest BCUT2D eigenvalue weighted by molar-refractivity contribution is 0.195. The van der Waals surface area contributed by atoms with Crippen molar-refractivity contribution in [3.8, 4) is 11.3 Å². The lowest BCUT2D eigenvalue weighted by Crippen LogP contribution is -2.17. The molecule has 0 saturated heterocycles. The van der Waals surface area contributed by atoms with Crippen LogP contribution in [0.5, 0.6) is 0 Å². The molecule has 3 rings (SSSR count). The molecule has 10 heteroatoms. The van der Waals surface area contributed by atoms with E-state index in [0.717, 1.165) is 11.1 Å². The van der Waals surface area contributed by atoms with Gasteiger partial charge in [0.15, 0.2) is 0 Å². The largest absolute Gasteiger partial charge is 0.419 e. The first-order valence-electron chi connectivity index (χ1n) is 11.4. The van der Waals surface area contributed by atoms with E-state index >= 15 is 0 Å². The van der Waals surface area contributed by atoms with E-state index in [9.17, 15) is 8.60 Å². The predicted molar refractivity (Wildman–Crippen MR) is 138 cm³/mol. The van der Waals surface area contributed by atoms with Crippen molar-refractivity contribution in [1.29, 1.82) is 10.8 Å². The van der Waals surface area contributed by atoms with Gasteiger partial charge in [-0.1, -0.05) is 25.1 Å². The van der Waals surface area contributed by atoms with Crippen LogP contribution in [0.4, 0.5) is 4.39 Å². The Morgan fingerprint density at radius 2 is 1.89 bits per heavy atom. The van der Waals surface area contributed by atoms with Crippen LogP contribution >= 0.6 is 0 Å². The number of nitrogens with one attached hydrogen (secondary N) is 3. The molecule has 1 aromatic heterocycles. The molecule has 0 fully saturated rings. The average molecular weight is 512 g/mol. The van der Waals surface area contributed by atoms with Gasteiger partial charge in [0.25, 0.3) is 0 Å². The second-order valence-corrected chi connectivity index (χ2v) is 10.1. The molecule has 0 aliphatic carbocycles. The zero-order valence-corrected chi connectivity index (χ0v) is 21.5. The van der Waals surface area contributed by atoms with Gasteiger partial charge in [0.05, 0.1) is 33.9 Å². The SMILES string of the molecule is CNCc1ccc(C(=N)OC(=N)c2nc(-c3ccc(S(=O)C(C)CCOC)cc3)cnc2C)c(F)c1. The van der Waals surface area contributed by atoms with Crippen LogP contribution in [0.1, 0.15) is 35.9 Å². The third-order valence-electron chi connectivity index (χ3n) is 5.51. The maximum atomic E-state index is 14.5. The first kappa shape index (κ1) is 27.3. The molecule has 3 aromatic rings. The number of hydrogen-bond donors (Lipinski definition) is 3. The molecule has 0 amide bonds. The van der Waals surface area contributed by atoms with E-state index in [0.29, 0.717) is 35.9 Å². The summed E-state index contributed by atoms with van der Waals surface area (Å²) < 4.78 is 37.6. The number of rotatable bonds is 10. The van der Waals surface area contributed by atoms with E-state index in [2.05, 4.69) is 15.3 Å². The standard InChI is InChI=1S/C26H30FN5O3S/c1-16(11-12-34-4)36(33)20-8-6-19(7-9-20)23-15-31-17(2)24(32-23)26(29)35-25(28)21-10-5-18(14-30-3)13-22(21)27/h5-10,13,15-16,28-30H,11-12,14H2,1-4H3. The van der Waals surface area contributed by atoms with Gasteiger partial charge in [-0.25, -0.2) is 9.37 Å². The first-order valence-corrected chi connectivity index (χ1v) is 12.6. The van der Waals surface area contributed by atoms with Crippen molar-refractivity contribution in [3.63, 3.8) is 0 Å². The van der Waals surface area contributed by atoms with Crippen LogP contribution in [0.25, 0.3) is 11.3 Å². The third-order valence-corrected chi connectivity index (χ3v) is 7.21. The van der Waals surface area contributed by atoms with Crippen molar-refractivity contribution in [3.05, 3.63) is 77.0 Å². The van der Waals surface area contributed by atoms with Crippen LogP contribution in [0.15, 0.2) is 53.6 Å². The highest BCUT2D eigenvalue weighted by Crippen LogP contribution is 2.22. The lowest BCUT2D eigenvalue weighted by Gasteiger charge is -2.13. The Labute approximate surface area is 212 Å². The minimum Gasteiger partial charge on any atom is -0.419 e. The summed E-state index contributed by atoms with van der Waals surface area (Å²) in [5, 5.41) is 19.4. The Balaban J connectivity index is 1.76. The number of hydrogen-bond acceptors (Lipinski definition) is 8. The van der Waals surface area contributed by atoms with Gasteiger partial charge in [-0.2, -0.15) is 0 Å². The fraction of sp³-hybridized carbons (Fsp3) is 0.308. The summed E-state index contributed by atoms with van der Waals surface area (Å²) in [5.41, 5.74) is 2.47. The fourth-order valence-corrected chi connectivity index (χ4v) is 4.63. The number of nitrogens with zero attached hydrogens (tertiary/aromatic N) is 2. The highest BCUT2D eigenvalue weighted by atomic mass is 32.2. The van der Waals surface area contributed by atoms with Gasteiger partial charge in [-0.05, 0) is 50.2 Å².